The number of ether oxygens (including phenoxy) is 3. The van der Waals surface area contributed by atoms with Crippen LogP contribution in [0, 0.1) is 0 Å². The van der Waals surface area contributed by atoms with E-state index in [0.717, 1.165) is 12.8 Å². The fourth-order valence-corrected chi connectivity index (χ4v) is 2.67. The molecular formula is C17H26O6. The van der Waals surface area contributed by atoms with Crippen LogP contribution >= 0.6 is 0 Å². The van der Waals surface area contributed by atoms with Gasteiger partial charge in [-0.3, -0.25) is 0 Å². The Hall–Kier alpha value is -1.53. The molecular weight excluding hydrogens is 300 g/mol. The zero-order valence-corrected chi connectivity index (χ0v) is 13.6. The molecule has 0 radical (unpaired) electrons. The highest BCUT2D eigenvalue weighted by atomic mass is 16.7. The average Bonchev–Trinajstić information content (AvgIpc) is 3.10. The van der Waals surface area contributed by atoms with Gasteiger partial charge in [0.05, 0.1) is 6.61 Å². The monoisotopic (exact) mass is 326 g/mol. The van der Waals surface area contributed by atoms with Crippen molar-refractivity contribution in [3.63, 3.8) is 0 Å². The predicted molar refractivity (Wildman–Crippen MR) is 83.9 cm³/mol. The molecule has 1 fully saturated rings. The van der Waals surface area contributed by atoms with Gasteiger partial charge in [-0.25, -0.2) is 4.79 Å². The van der Waals surface area contributed by atoms with Crippen LogP contribution in [0.5, 0.6) is 0 Å². The second-order valence-corrected chi connectivity index (χ2v) is 5.92. The molecule has 0 aromatic heterocycles. The van der Waals surface area contributed by atoms with Gasteiger partial charge in [0.1, 0.15) is 6.10 Å². The summed E-state index contributed by atoms with van der Waals surface area (Å²) in [6.07, 6.45) is 10.3. The van der Waals surface area contributed by atoms with E-state index in [2.05, 4.69) is 6.92 Å². The Morgan fingerprint density at radius 1 is 1.17 bits per heavy atom. The van der Waals surface area contributed by atoms with Crippen molar-refractivity contribution in [1.29, 1.82) is 0 Å². The topological polar surface area (TPSA) is 85.2 Å². The Kier molecular flexibility index (Phi) is 6.92. The lowest BCUT2D eigenvalue weighted by molar-refractivity contribution is -0.147. The molecule has 130 valence electrons. The third-order valence-electron chi connectivity index (χ3n) is 4.03. The van der Waals surface area contributed by atoms with Crippen LogP contribution in [0.4, 0.5) is 0 Å². The van der Waals surface area contributed by atoms with Crippen LogP contribution in [0.3, 0.4) is 0 Å². The Morgan fingerprint density at radius 3 is 2.61 bits per heavy atom. The maximum atomic E-state index is 11.2. The van der Waals surface area contributed by atoms with E-state index in [1.54, 1.807) is 0 Å². The maximum absolute atomic E-state index is 11.2. The van der Waals surface area contributed by atoms with Crippen LogP contribution in [-0.4, -0.2) is 41.3 Å². The number of unbranched alkanes of at least 4 members (excludes halogenated alkanes) is 6. The highest BCUT2D eigenvalue weighted by Crippen LogP contribution is 2.27. The minimum atomic E-state index is -0.987. The van der Waals surface area contributed by atoms with Gasteiger partial charge in [0, 0.05) is 0 Å². The van der Waals surface area contributed by atoms with E-state index in [0.29, 0.717) is 0 Å². The highest BCUT2D eigenvalue weighted by Gasteiger charge is 2.43. The number of hydrogen-bond donors (Lipinski definition) is 2. The van der Waals surface area contributed by atoms with Gasteiger partial charge in [0.2, 0.25) is 5.76 Å². The Morgan fingerprint density at radius 2 is 1.91 bits per heavy atom. The number of rotatable bonds is 9. The van der Waals surface area contributed by atoms with Gasteiger partial charge < -0.3 is 24.4 Å². The highest BCUT2D eigenvalue weighted by molar-refractivity contribution is 5.89. The molecule has 6 heteroatoms. The zero-order chi connectivity index (χ0) is 16.7. The van der Waals surface area contributed by atoms with Gasteiger partial charge >= 0.3 is 5.97 Å². The molecule has 2 rings (SSSR count). The van der Waals surface area contributed by atoms with Crippen molar-refractivity contribution in [3.8, 4) is 0 Å². The first-order chi connectivity index (χ1) is 11.1. The lowest BCUT2D eigenvalue weighted by Gasteiger charge is -2.15. The molecule has 0 spiro atoms. The van der Waals surface area contributed by atoms with Crippen molar-refractivity contribution in [1.82, 2.24) is 0 Å². The van der Waals surface area contributed by atoms with Crippen LogP contribution in [0.2, 0.25) is 0 Å². The van der Waals surface area contributed by atoms with Gasteiger partial charge in [-0.1, -0.05) is 45.1 Å². The van der Waals surface area contributed by atoms with Gasteiger partial charge in [0.15, 0.2) is 18.2 Å². The first-order valence-corrected chi connectivity index (χ1v) is 8.40. The molecule has 2 aliphatic heterocycles. The molecule has 0 saturated carbocycles. The summed E-state index contributed by atoms with van der Waals surface area (Å²) in [6, 6.07) is 0. The maximum Gasteiger partial charge on any atom is 0.377 e. The molecule has 0 amide bonds. The number of carbonyl (C=O) groups excluding carboxylic acids is 1. The van der Waals surface area contributed by atoms with E-state index in [4.69, 9.17) is 14.2 Å². The van der Waals surface area contributed by atoms with Crippen molar-refractivity contribution in [2.75, 3.05) is 6.61 Å². The van der Waals surface area contributed by atoms with Crippen molar-refractivity contribution >= 4 is 5.97 Å². The van der Waals surface area contributed by atoms with Crippen molar-refractivity contribution in [2.45, 2.75) is 70.4 Å². The molecule has 2 heterocycles. The van der Waals surface area contributed by atoms with E-state index in [1.807, 2.05) is 12.2 Å². The van der Waals surface area contributed by atoms with Crippen LogP contribution in [0.1, 0.15) is 51.9 Å². The summed E-state index contributed by atoms with van der Waals surface area (Å²) < 4.78 is 15.9. The summed E-state index contributed by atoms with van der Waals surface area (Å²) in [5.74, 6) is -2.17. The van der Waals surface area contributed by atoms with Crippen molar-refractivity contribution < 1.29 is 29.2 Å². The van der Waals surface area contributed by atoms with E-state index < -0.39 is 36.0 Å². The van der Waals surface area contributed by atoms with E-state index in [9.17, 15) is 15.0 Å². The van der Waals surface area contributed by atoms with E-state index in [-0.39, 0.29) is 6.61 Å². The third-order valence-corrected chi connectivity index (χ3v) is 4.03. The molecule has 3 atom stereocenters. The Labute approximate surface area is 136 Å². The fourth-order valence-electron chi connectivity index (χ4n) is 2.67. The number of aliphatic hydroxyl groups is 2. The summed E-state index contributed by atoms with van der Waals surface area (Å²) in [6.45, 7) is 2.41. The van der Waals surface area contributed by atoms with Gasteiger partial charge in [0.25, 0.3) is 0 Å². The van der Waals surface area contributed by atoms with E-state index in [1.165, 1.54) is 32.1 Å². The summed E-state index contributed by atoms with van der Waals surface area (Å²) in [5.41, 5.74) is 0. The Bertz CT molecular complexity index is 456. The first kappa shape index (κ1) is 17.8. The third kappa shape index (κ3) is 4.97. The summed E-state index contributed by atoms with van der Waals surface area (Å²) >= 11 is 0. The van der Waals surface area contributed by atoms with Crippen LogP contribution in [0.25, 0.3) is 0 Å². The largest absolute Gasteiger partial charge is 0.505 e. The number of carbonyl (C=O) groups is 1. The lowest BCUT2D eigenvalue weighted by atomic mass is 10.1. The standard InChI is InChI=1S/C17H26O6/c1-2-3-4-5-6-7-8-9-10-13-21-11-12(22-13)16-14(18)15(19)17(20)23-16/h9-10,12-13,16,18-19H,2-8,11H2,1H3/b10-9+/t12-,13?,16+/m0/s1. The quantitative estimate of drug-likeness (QED) is 0.384. The molecule has 0 aromatic carbocycles. The second kappa shape index (κ2) is 8.93. The van der Waals surface area contributed by atoms with Crippen LogP contribution in [0.15, 0.2) is 23.7 Å². The molecule has 2 N–H and O–H groups in total. The van der Waals surface area contributed by atoms with Crippen LogP contribution in [-0.2, 0) is 19.0 Å². The van der Waals surface area contributed by atoms with Gasteiger partial charge in [-0.05, 0) is 18.9 Å². The van der Waals surface area contributed by atoms with Gasteiger partial charge in [-0.15, -0.1) is 0 Å². The zero-order valence-electron chi connectivity index (χ0n) is 13.6. The van der Waals surface area contributed by atoms with E-state index >= 15 is 0 Å². The summed E-state index contributed by atoms with van der Waals surface area (Å²) in [4.78, 5) is 11.2. The second-order valence-electron chi connectivity index (χ2n) is 5.92. The number of hydrogen-bond acceptors (Lipinski definition) is 6. The number of cyclic esters (lactones) is 1. The minimum Gasteiger partial charge on any atom is -0.505 e. The average molecular weight is 326 g/mol. The molecule has 1 unspecified atom stereocenters. The first-order valence-electron chi connectivity index (χ1n) is 8.40. The lowest BCUT2D eigenvalue weighted by Crippen LogP contribution is -2.31. The number of aliphatic hydroxyl groups excluding tert-OH is 2. The smallest absolute Gasteiger partial charge is 0.377 e. The molecule has 6 nitrogen and oxygen atoms in total. The summed E-state index contributed by atoms with van der Waals surface area (Å²) in [7, 11) is 0. The van der Waals surface area contributed by atoms with Gasteiger partial charge in [-0.2, -0.15) is 0 Å². The van der Waals surface area contributed by atoms with Crippen molar-refractivity contribution in [2.24, 2.45) is 0 Å². The Balaban J connectivity index is 1.64. The van der Waals surface area contributed by atoms with Crippen molar-refractivity contribution in [3.05, 3.63) is 23.7 Å². The van der Waals surface area contributed by atoms with Crippen LogP contribution < -0.4 is 0 Å². The molecule has 1 saturated heterocycles. The molecule has 0 aromatic rings. The number of allylic oxidation sites excluding steroid dienone is 1. The number of esters is 1. The molecule has 23 heavy (non-hydrogen) atoms. The molecule has 0 aliphatic carbocycles. The summed E-state index contributed by atoms with van der Waals surface area (Å²) in [5, 5.41) is 18.9. The normalized spacial score (nSPS) is 28.0. The molecule has 0 bridgehead atoms. The fraction of sp³-hybridized carbons (Fsp3) is 0.706. The predicted octanol–water partition coefficient (Wildman–Crippen LogP) is 3.29. The SMILES string of the molecule is CCCCCCCC/C=C/C1OC[C@@H]([C@H]2OC(=O)C(O)=C2O)O1. The minimum absolute atomic E-state index is 0.196. The molecule has 2 aliphatic rings.